The van der Waals surface area contributed by atoms with Crippen molar-refractivity contribution in [3.63, 3.8) is 0 Å². The first-order valence-electron chi connectivity index (χ1n) is 7.67. The topological polar surface area (TPSA) is 46.3 Å². The molecule has 4 heteroatoms. The molecule has 1 aromatic rings. The molecule has 0 bridgehead atoms. The number of piperidine rings is 1. The van der Waals surface area contributed by atoms with E-state index in [-0.39, 0.29) is 18.3 Å². The number of nitrogens with two attached hydrogens (primary N) is 1. The molecule has 1 heterocycles. The highest BCUT2D eigenvalue weighted by Crippen LogP contribution is 2.23. The fourth-order valence-electron chi connectivity index (χ4n) is 3.07. The number of nitrogens with zero attached hydrogens (tertiary/aromatic N) is 1. The van der Waals surface area contributed by atoms with Crippen LogP contribution in [0.15, 0.2) is 24.3 Å². The first kappa shape index (κ1) is 17.8. The van der Waals surface area contributed by atoms with Gasteiger partial charge in [0, 0.05) is 18.8 Å². The number of hydrogen-bond donors (Lipinski definition) is 1. The van der Waals surface area contributed by atoms with Gasteiger partial charge in [-0.1, -0.05) is 26.0 Å². The van der Waals surface area contributed by atoms with E-state index in [1.165, 1.54) is 12.8 Å². The molecule has 0 aliphatic carbocycles. The fraction of sp³-hybridized carbons (Fsp3) is 0.588. The maximum atomic E-state index is 12.4. The molecule has 0 radical (unpaired) electrons. The molecule has 1 atom stereocenters. The molecule has 2 N–H and O–H groups in total. The third-order valence-electron chi connectivity index (χ3n) is 4.01. The van der Waals surface area contributed by atoms with Gasteiger partial charge in [0.05, 0.1) is 6.42 Å². The van der Waals surface area contributed by atoms with Crippen molar-refractivity contribution in [3.05, 3.63) is 29.8 Å². The zero-order chi connectivity index (χ0) is 14.5. The van der Waals surface area contributed by atoms with Crippen LogP contribution in [0.5, 0.6) is 0 Å². The lowest BCUT2D eigenvalue weighted by atomic mass is 9.89. The van der Waals surface area contributed by atoms with Crippen LogP contribution >= 0.6 is 12.4 Å². The monoisotopic (exact) mass is 310 g/mol. The quantitative estimate of drug-likeness (QED) is 0.865. The van der Waals surface area contributed by atoms with Crippen LogP contribution in [0.3, 0.4) is 0 Å². The third kappa shape index (κ3) is 5.58. The molecule has 3 nitrogen and oxygen atoms in total. The molecule has 1 fully saturated rings. The van der Waals surface area contributed by atoms with Gasteiger partial charge in [0.25, 0.3) is 0 Å². The highest BCUT2D eigenvalue weighted by molar-refractivity contribution is 5.85. The Hall–Kier alpha value is -1.22. The summed E-state index contributed by atoms with van der Waals surface area (Å²) in [4.78, 5) is 14.4. The number of halogens is 1. The highest BCUT2D eigenvalue weighted by Gasteiger charge is 2.24. The molecule has 1 aliphatic heterocycles. The molecule has 1 unspecified atom stereocenters. The molecule has 1 amide bonds. The van der Waals surface area contributed by atoms with Gasteiger partial charge in [-0.25, -0.2) is 0 Å². The van der Waals surface area contributed by atoms with Gasteiger partial charge in [-0.15, -0.1) is 12.4 Å². The number of nitrogen functional groups attached to an aromatic ring is 1. The van der Waals surface area contributed by atoms with Crippen LogP contribution in [0, 0.1) is 11.8 Å². The SMILES string of the molecule is CC(C)CC1CCCN(C(=O)Cc2ccc(N)cc2)C1.Cl. The van der Waals surface area contributed by atoms with Crippen LogP contribution < -0.4 is 5.73 Å². The molecule has 0 saturated carbocycles. The van der Waals surface area contributed by atoms with Crippen molar-refractivity contribution in [3.8, 4) is 0 Å². The predicted molar refractivity (Wildman–Crippen MR) is 90.6 cm³/mol. The van der Waals surface area contributed by atoms with Gasteiger partial charge in [0.15, 0.2) is 0 Å². The zero-order valence-corrected chi connectivity index (χ0v) is 13.9. The van der Waals surface area contributed by atoms with Crippen molar-refractivity contribution in [2.45, 2.75) is 39.5 Å². The molecular formula is C17H27ClN2O. The predicted octanol–water partition coefficient (Wildman–Crippen LogP) is 3.52. The lowest BCUT2D eigenvalue weighted by Crippen LogP contribution is -2.41. The number of likely N-dealkylation sites (tertiary alicyclic amines) is 1. The number of amides is 1. The second kappa shape index (κ2) is 8.28. The number of anilines is 1. The molecule has 0 spiro atoms. The molecule has 118 valence electrons. The van der Waals surface area contributed by atoms with E-state index in [0.29, 0.717) is 18.3 Å². The standard InChI is InChI=1S/C17H26N2O.ClH/c1-13(2)10-15-4-3-9-19(12-15)17(20)11-14-5-7-16(18)8-6-14;/h5-8,13,15H,3-4,9-12,18H2,1-2H3;1H. The summed E-state index contributed by atoms with van der Waals surface area (Å²) in [6.45, 7) is 6.37. The van der Waals surface area contributed by atoms with E-state index in [4.69, 9.17) is 5.73 Å². The van der Waals surface area contributed by atoms with Crippen molar-refractivity contribution in [2.24, 2.45) is 11.8 Å². The van der Waals surface area contributed by atoms with Crippen LogP contribution in [0.2, 0.25) is 0 Å². The van der Waals surface area contributed by atoms with Crippen LogP contribution in [0.1, 0.15) is 38.7 Å². The van der Waals surface area contributed by atoms with Gasteiger partial charge in [-0.3, -0.25) is 4.79 Å². The summed E-state index contributed by atoms with van der Waals surface area (Å²) < 4.78 is 0. The first-order valence-corrected chi connectivity index (χ1v) is 7.67. The van der Waals surface area contributed by atoms with E-state index in [0.717, 1.165) is 30.8 Å². The Labute approximate surface area is 134 Å². The van der Waals surface area contributed by atoms with E-state index in [2.05, 4.69) is 13.8 Å². The molecule has 1 saturated heterocycles. The summed E-state index contributed by atoms with van der Waals surface area (Å²) in [7, 11) is 0. The molecular weight excluding hydrogens is 284 g/mol. The average molecular weight is 311 g/mol. The smallest absolute Gasteiger partial charge is 0.226 e. The lowest BCUT2D eigenvalue weighted by Gasteiger charge is -2.33. The molecule has 1 aliphatic rings. The van der Waals surface area contributed by atoms with Gasteiger partial charge in [0.1, 0.15) is 0 Å². The number of rotatable bonds is 4. The van der Waals surface area contributed by atoms with Crippen LogP contribution in [-0.2, 0) is 11.2 Å². The normalized spacial score (nSPS) is 18.4. The Morgan fingerprint density at radius 1 is 1.33 bits per heavy atom. The second-order valence-corrected chi connectivity index (χ2v) is 6.40. The van der Waals surface area contributed by atoms with E-state index in [1.807, 2.05) is 29.2 Å². The van der Waals surface area contributed by atoms with E-state index in [1.54, 1.807) is 0 Å². The van der Waals surface area contributed by atoms with Crippen molar-refractivity contribution < 1.29 is 4.79 Å². The second-order valence-electron chi connectivity index (χ2n) is 6.40. The number of hydrogen-bond acceptors (Lipinski definition) is 2. The number of carbonyl (C=O) groups excluding carboxylic acids is 1. The number of benzene rings is 1. The molecule has 2 rings (SSSR count). The van der Waals surface area contributed by atoms with Crippen LogP contribution in [-0.4, -0.2) is 23.9 Å². The Kier molecular flexibility index (Phi) is 7.03. The first-order chi connectivity index (χ1) is 9.54. The largest absolute Gasteiger partial charge is 0.399 e. The van der Waals surface area contributed by atoms with E-state index < -0.39 is 0 Å². The summed E-state index contributed by atoms with van der Waals surface area (Å²) in [5.41, 5.74) is 7.47. The molecule has 1 aromatic carbocycles. The minimum absolute atomic E-state index is 0. The Bertz CT molecular complexity index is 445. The fourth-order valence-corrected chi connectivity index (χ4v) is 3.07. The van der Waals surface area contributed by atoms with Gasteiger partial charge < -0.3 is 10.6 Å². The maximum absolute atomic E-state index is 12.4. The highest BCUT2D eigenvalue weighted by atomic mass is 35.5. The van der Waals surface area contributed by atoms with E-state index in [9.17, 15) is 4.79 Å². The molecule has 21 heavy (non-hydrogen) atoms. The summed E-state index contributed by atoms with van der Waals surface area (Å²) >= 11 is 0. The summed E-state index contributed by atoms with van der Waals surface area (Å²) in [5, 5.41) is 0. The van der Waals surface area contributed by atoms with Crippen molar-refractivity contribution in [1.29, 1.82) is 0 Å². The van der Waals surface area contributed by atoms with Crippen molar-refractivity contribution in [2.75, 3.05) is 18.8 Å². The Balaban J connectivity index is 0.00000220. The van der Waals surface area contributed by atoms with Crippen LogP contribution in [0.4, 0.5) is 5.69 Å². The Morgan fingerprint density at radius 2 is 2.00 bits per heavy atom. The summed E-state index contributed by atoms with van der Waals surface area (Å²) in [6, 6.07) is 7.62. The maximum Gasteiger partial charge on any atom is 0.226 e. The minimum atomic E-state index is 0. The van der Waals surface area contributed by atoms with Gasteiger partial charge in [-0.2, -0.15) is 0 Å². The van der Waals surface area contributed by atoms with Crippen LogP contribution in [0.25, 0.3) is 0 Å². The third-order valence-corrected chi connectivity index (χ3v) is 4.01. The summed E-state index contributed by atoms with van der Waals surface area (Å²) in [5.74, 6) is 1.65. The number of carbonyl (C=O) groups is 1. The average Bonchev–Trinajstić information content (AvgIpc) is 2.41. The summed E-state index contributed by atoms with van der Waals surface area (Å²) in [6.07, 6.45) is 4.13. The van der Waals surface area contributed by atoms with Gasteiger partial charge in [0.2, 0.25) is 5.91 Å². The van der Waals surface area contributed by atoms with Crippen molar-refractivity contribution in [1.82, 2.24) is 4.90 Å². The van der Waals surface area contributed by atoms with Gasteiger partial charge in [-0.05, 0) is 48.8 Å². The molecule has 0 aromatic heterocycles. The van der Waals surface area contributed by atoms with Gasteiger partial charge >= 0.3 is 0 Å². The van der Waals surface area contributed by atoms with E-state index >= 15 is 0 Å². The Morgan fingerprint density at radius 3 is 2.62 bits per heavy atom. The van der Waals surface area contributed by atoms with Crippen molar-refractivity contribution >= 4 is 24.0 Å². The minimum Gasteiger partial charge on any atom is -0.399 e. The lowest BCUT2D eigenvalue weighted by molar-refractivity contribution is -0.132. The zero-order valence-electron chi connectivity index (χ0n) is 13.0.